The minimum absolute atomic E-state index is 0.0462. The Labute approximate surface area is 215 Å². The second-order valence-corrected chi connectivity index (χ2v) is 10.5. The van der Waals surface area contributed by atoms with Gasteiger partial charge in [0.05, 0.1) is 6.61 Å². The van der Waals surface area contributed by atoms with Crippen LogP contribution in [0.3, 0.4) is 0 Å². The number of anilines is 1. The Morgan fingerprint density at radius 2 is 1.94 bits per heavy atom. The summed E-state index contributed by atoms with van der Waals surface area (Å²) in [5, 5.41) is 4.92. The van der Waals surface area contributed by atoms with E-state index in [1.165, 1.54) is 0 Å². The Hall–Kier alpha value is -2.34. The number of imidazole rings is 1. The number of halogens is 2. The standard InChI is InChI=1S/C20H25FIN7O5S/c1-11(2)28(5-6-34-35(24,30)31)3-4-29-16(25-17-18(23)26-20(21)27-19(17)29)8-12-7-14-15(9-13(12)22)33-10-32-14/h7,9,11H,3-6,8,10H2,1-2H3,(H2,23,26,27)(H2,24,30,31). The highest BCUT2D eigenvalue weighted by atomic mass is 127. The summed E-state index contributed by atoms with van der Waals surface area (Å²) in [6, 6.07) is 3.86. The fraction of sp³-hybridized carbons (Fsp3) is 0.450. The molecule has 3 heterocycles. The monoisotopic (exact) mass is 621 g/mol. The zero-order chi connectivity index (χ0) is 25.3. The molecule has 1 aliphatic rings. The topological polar surface area (TPSA) is 161 Å². The predicted molar refractivity (Wildman–Crippen MR) is 134 cm³/mol. The largest absolute Gasteiger partial charge is 0.454 e. The average Bonchev–Trinajstić information content (AvgIpc) is 3.34. The van der Waals surface area contributed by atoms with Crippen molar-refractivity contribution in [1.29, 1.82) is 0 Å². The van der Waals surface area contributed by atoms with Gasteiger partial charge in [0.25, 0.3) is 0 Å². The van der Waals surface area contributed by atoms with Crippen molar-refractivity contribution in [3.05, 3.63) is 33.2 Å². The molecule has 0 spiro atoms. The minimum Gasteiger partial charge on any atom is -0.454 e. The van der Waals surface area contributed by atoms with E-state index in [0.29, 0.717) is 48.9 Å². The number of nitrogen functional groups attached to an aromatic ring is 1. The van der Waals surface area contributed by atoms with Crippen LogP contribution in [0, 0.1) is 9.65 Å². The number of rotatable bonds is 10. The fourth-order valence-corrected chi connectivity index (χ4v) is 4.74. The second kappa shape index (κ2) is 10.3. The normalized spacial score (nSPS) is 13.5. The number of hydrogen-bond acceptors (Lipinski definition) is 10. The van der Waals surface area contributed by atoms with E-state index in [1.54, 1.807) is 4.57 Å². The summed E-state index contributed by atoms with van der Waals surface area (Å²) in [6.45, 7) is 5.20. The first-order valence-electron chi connectivity index (χ1n) is 10.7. The summed E-state index contributed by atoms with van der Waals surface area (Å²) in [7, 11) is -4.03. The van der Waals surface area contributed by atoms with Crippen LogP contribution in [-0.4, -0.2) is 65.4 Å². The van der Waals surface area contributed by atoms with Crippen LogP contribution in [0.25, 0.3) is 11.2 Å². The smallest absolute Gasteiger partial charge is 0.333 e. The second-order valence-electron chi connectivity index (χ2n) is 8.15. The Morgan fingerprint density at radius 3 is 2.63 bits per heavy atom. The lowest BCUT2D eigenvalue weighted by molar-refractivity contribution is 0.173. The van der Waals surface area contributed by atoms with Crippen molar-refractivity contribution in [1.82, 2.24) is 24.4 Å². The van der Waals surface area contributed by atoms with Gasteiger partial charge in [-0.3, -0.25) is 9.08 Å². The third-order valence-electron chi connectivity index (χ3n) is 5.53. The average molecular weight is 621 g/mol. The molecule has 3 aromatic rings. The predicted octanol–water partition coefficient (Wildman–Crippen LogP) is 1.40. The molecular formula is C20H25FIN7O5S. The van der Waals surface area contributed by atoms with E-state index in [9.17, 15) is 12.8 Å². The number of fused-ring (bicyclic) bond motifs is 2. The van der Waals surface area contributed by atoms with E-state index in [4.69, 9.17) is 20.3 Å². The van der Waals surface area contributed by atoms with Crippen LogP contribution in [0.2, 0.25) is 0 Å². The molecule has 12 nitrogen and oxygen atoms in total. The van der Waals surface area contributed by atoms with Gasteiger partial charge in [-0.25, -0.2) is 10.1 Å². The van der Waals surface area contributed by atoms with Crippen molar-refractivity contribution >= 4 is 49.9 Å². The van der Waals surface area contributed by atoms with Crippen molar-refractivity contribution in [2.24, 2.45) is 5.14 Å². The Balaban J connectivity index is 1.64. The van der Waals surface area contributed by atoms with Gasteiger partial charge < -0.3 is 19.8 Å². The summed E-state index contributed by atoms with van der Waals surface area (Å²) in [5.74, 6) is 1.90. The van der Waals surface area contributed by atoms with Crippen molar-refractivity contribution in [3.63, 3.8) is 0 Å². The van der Waals surface area contributed by atoms with E-state index in [2.05, 4.69) is 41.7 Å². The van der Waals surface area contributed by atoms with E-state index in [1.807, 2.05) is 30.9 Å². The number of aromatic nitrogens is 4. The van der Waals surface area contributed by atoms with Crippen LogP contribution in [0.1, 0.15) is 25.2 Å². The van der Waals surface area contributed by atoms with Gasteiger partial charge in [0.2, 0.25) is 6.79 Å². The molecule has 190 valence electrons. The third-order valence-corrected chi connectivity index (χ3v) is 7.03. The molecule has 1 aliphatic heterocycles. The number of nitrogens with two attached hydrogens (primary N) is 2. The molecule has 0 aliphatic carbocycles. The molecule has 1 aromatic carbocycles. The molecule has 0 fully saturated rings. The maximum atomic E-state index is 14.1. The van der Waals surface area contributed by atoms with Crippen molar-refractivity contribution in [3.8, 4) is 11.5 Å². The molecule has 15 heteroatoms. The lowest BCUT2D eigenvalue weighted by Gasteiger charge is -2.26. The first kappa shape index (κ1) is 25.7. The maximum absolute atomic E-state index is 14.1. The van der Waals surface area contributed by atoms with Gasteiger partial charge in [0.1, 0.15) is 5.82 Å². The maximum Gasteiger partial charge on any atom is 0.333 e. The molecule has 0 radical (unpaired) electrons. The molecule has 0 bridgehead atoms. The van der Waals surface area contributed by atoms with E-state index in [0.717, 1.165) is 9.13 Å². The molecule has 0 saturated carbocycles. The molecule has 4 rings (SSSR count). The molecule has 4 N–H and O–H groups in total. The minimum atomic E-state index is -4.03. The lowest BCUT2D eigenvalue weighted by atomic mass is 10.1. The van der Waals surface area contributed by atoms with E-state index in [-0.39, 0.29) is 30.9 Å². The number of benzene rings is 1. The summed E-state index contributed by atoms with van der Waals surface area (Å²) in [6.07, 6.45) is -0.537. The Kier molecular flexibility index (Phi) is 7.60. The summed E-state index contributed by atoms with van der Waals surface area (Å²) in [5.41, 5.74) is 7.48. The third kappa shape index (κ3) is 6.08. The van der Waals surface area contributed by atoms with Crippen LogP contribution in [-0.2, 0) is 27.5 Å². The highest BCUT2D eigenvalue weighted by Crippen LogP contribution is 2.36. The quantitative estimate of drug-likeness (QED) is 0.250. The molecule has 2 aromatic heterocycles. The van der Waals surface area contributed by atoms with Crippen LogP contribution in [0.15, 0.2) is 12.1 Å². The van der Waals surface area contributed by atoms with Crippen LogP contribution < -0.4 is 20.3 Å². The van der Waals surface area contributed by atoms with Crippen molar-refractivity contribution < 1.29 is 26.5 Å². The first-order valence-corrected chi connectivity index (χ1v) is 13.2. The van der Waals surface area contributed by atoms with Crippen LogP contribution in [0.5, 0.6) is 11.5 Å². The molecule has 0 atom stereocenters. The van der Waals surface area contributed by atoms with Gasteiger partial charge in [-0.2, -0.15) is 22.8 Å². The van der Waals surface area contributed by atoms with E-state index >= 15 is 0 Å². The summed E-state index contributed by atoms with van der Waals surface area (Å²) >= 11 is 2.22. The van der Waals surface area contributed by atoms with Crippen LogP contribution in [0.4, 0.5) is 10.2 Å². The molecule has 0 saturated heterocycles. The first-order chi connectivity index (χ1) is 16.5. The zero-order valence-electron chi connectivity index (χ0n) is 19.1. The Morgan fingerprint density at radius 1 is 1.23 bits per heavy atom. The van der Waals surface area contributed by atoms with Crippen molar-refractivity contribution in [2.75, 3.05) is 32.2 Å². The van der Waals surface area contributed by atoms with Gasteiger partial charge in [0, 0.05) is 35.7 Å². The zero-order valence-corrected chi connectivity index (χ0v) is 22.0. The molecule has 35 heavy (non-hydrogen) atoms. The van der Waals surface area contributed by atoms with E-state index < -0.39 is 16.4 Å². The highest BCUT2D eigenvalue weighted by Gasteiger charge is 2.22. The summed E-state index contributed by atoms with van der Waals surface area (Å²) in [4.78, 5) is 14.2. The number of nitrogens with zero attached hydrogens (tertiary/aromatic N) is 5. The molecule has 0 unspecified atom stereocenters. The van der Waals surface area contributed by atoms with Gasteiger partial charge in [-0.1, -0.05) is 0 Å². The fourth-order valence-electron chi connectivity index (χ4n) is 3.80. The van der Waals surface area contributed by atoms with Gasteiger partial charge >= 0.3 is 16.4 Å². The van der Waals surface area contributed by atoms with Gasteiger partial charge in [-0.15, -0.1) is 0 Å². The van der Waals surface area contributed by atoms with Gasteiger partial charge in [0.15, 0.2) is 28.5 Å². The van der Waals surface area contributed by atoms with Gasteiger partial charge in [-0.05, 0) is 54.1 Å². The number of ether oxygens (including phenoxy) is 2. The molecular weight excluding hydrogens is 596 g/mol. The summed E-state index contributed by atoms with van der Waals surface area (Å²) < 4.78 is 54.6. The highest BCUT2D eigenvalue weighted by molar-refractivity contribution is 14.1. The molecule has 0 amide bonds. The van der Waals surface area contributed by atoms with Crippen LogP contribution >= 0.6 is 22.6 Å². The number of hydrogen-bond donors (Lipinski definition) is 2. The lowest BCUT2D eigenvalue weighted by Crippen LogP contribution is -2.37. The SMILES string of the molecule is CC(C)N(CCOS(N)(=O)=O)CCn1c(Cc2cc3c(cc2I)OCO3)nc2c(N)nc(F)nc21. The van der Waals surface area contributed by atoms with Crippen molar-refractivity contribution in [2.45, 2.75) is 32.9 Å². The Bertz CT molecular complexity index is 1350.